The predicted octanol–water partition coefficient (Wildman–Crippen LogP) is 6.22. The van der Waals surface area contributed by atoms with Gasteiger partial charge >= 0.3 is 0 Å². The fourth-order valence-corrected chi connectivity index (χ4v) is 3.29. The van der Waals surface area contributed by atoms with E-state index in [1.165, 1.54) is 5.56 Å². The molecule has 5 heteroatoms. The van der Waals surface area contributed by atoms with E-state index in [0.717, 1.165) is 27.8 Å². The van der Waals surface area contributed by atoms with Gasteiger partial charge in [-0.15, -0.1) is 0 Å². The lowest BCUT2D eigenvalue weighted by Gasteiger charge is -2.11. The Labute approximate surface area is 161 Å². The molecule has 0 amide bonds. The summed E-state index contributed by atoms with van der Waals surface area (Å²) in [7, 11) is 0. The predicted molar refractivity (Wildman–Crippen MR) is 109 cm³/mol. The van der Waals surface area contributed by atoms with Gasteiger partial charge in [0.05, 0.1) is 21.9 Å². The number of rotatable bonds is 4. The lowest BCUT2D eigenvalue weighted by Crippen LogP contribution is -1.99. The molecule has 0 radical (unpaired) electrons. The summed E-state index contributed by atoms with van der Waals surface area (Å²) in [6, 6.07) is 21.7. The zero-order chi connectivity index (χ0) is 17.9. The molecule has 0 fully saturated rings. The Balaban J connectivity index is 1.61. The van der Waals surface area contributed by atoms with Crippen molar-refractivity contribution in [1.29, 1.82) is 0 Å². The maximum Gasteiger partial charge on any atom is 0.139 e. The van der Waals surface area contributed by atoms with Crippen LogP contribution in [0.2, 0.25) is 10.2 Å². The van der Waals surface area contributed by atoms with Crippen molar-refractivity contribution in [2.75, 3.05) is 5.32 Å². The van der Waals surface area contributed by atoms with Crippen molar-refractivity contribution in [2.45, 2.75) is 6.54 Å². The number of hydrogen-bond acceptors (Lipinski definition) is 3. The molecule has 0 unspecified atom stereocenters. The Morgan fingerprint density at radius 3 is 2.54 bits per heavy atom. The third kappa shape index (κ3) is 3.50. The Morgan fingerprint density at radius 1 is 0.885 bits per heavy atom. The molecule has 4 aromatic rings. The van der Waals surface area contributed by atoms with E-state index >= 15 is 0 Å². The van der Waals surface area contributed by atoms with Crippen molar-refractivity contribution in [3.05, 3.63) is 88.7 Å². The molecule has 128 valence electrons. The molecule has 0 saturated carbocycles. The van der Waals surface area contributed by atoms with E-state index in [1.54, 1.807) is 6.20 Å². The van der Waals surface area contributed by atoms with Gasteiger partial charge in [0.2, 0.25) is 0 Å². The van der Waals surface area contributed by atoms with Crippen molar-refractivity contribution in [2.24, 2.45) is 0 Å². The van der Waals surface area contributed by atoms with E-state index in [9.17, 15) is 0 Å². The Bertz CT molecular complexity index is 1070. The molecule has 0 aliphatic heterocycles. The quantitative estimate of drug-likeness (QED) is 0.428. The second-order valence-corrected chi connectivity index (χ2v) is 6.67. The van der Waals surface area contributed by atoms with Gasteiger partial charge in [0.25, 0.3) is 0 Å². The highest BCUT2D eigenvalue weighted by atomic mass is 35.5. The minimum atomic E-state index is 0.438. The van der Waals surface area contributed by atoms with Gasteiger partial charge in [0.1, 0.15) is 5.15 Å². The van der Waals surface area contributed by atoms with Crippen LogP contribution in [-0.2, 0) is 6.54 Å². The van der Waals surface area contributed by atoms with Gasteiger partial charge in [0.15, 0.2) is 0 Å². The molecule has 2 aromatic heterocycles. The van der Waals surface area contributed by atoms with E-state index < -0.39 is 0 Å². The highest BCUT2D eigenvalue weighted by Gasteiger charge is 2.09. The second-order valence-electron chi connectivity index (χ2n) is 5.90. The van der Waals surface area contributed by atoms with Crippen molar-refractivity contribution in [1.82, 2.24) is 9.97 Å². The van der Waals surface area contributed by atoms with E-state index in [-0.39, 0.29) is 0 Å². The number of pyridine rings is 2. The standard InChI is InChI=1S/C21H15Cl2N3/c22-17-11-15(8-9-18(17)25-13-14-5-2-1-3-6-14)19-12-20-16(21(23)26-19)7-4-10-24-20/h1-12,25H,13H2. The first-order chi connectivity index (χ1) is 12.7. The Morgan fingerprint density at radius 2 is 1.73 bits per heavy atom. The first kappa shape index (κ1) is 16.8. The summed E-state index contributed by atoms with van der Waals surface area (Å²) < 4.78 is 0. The van der Waals surface area contributed by atoms with Crippen LogP contribution in [0.4, 0.5) is 5.69 Å². The molecular weight excluding hydrogens is 365 g/mol. The fraction of sp³-hybridized carbons (Fsp3) is 0.0476. The minimum absolute atomic E-state index is 0.438. The van der Waals surface area contributed by atoms with Crippen LogP contribution in [0.25, 0.3) is 22.2 Å². The average Bonchev–Trinajstić information content (AvgIpc) is 2.68. The number of anilines is 1. The Hall–Kier alpha value is -2.62. The van der Waals surface area contributed by atoms with Crippen LogP contribution < -0.4 is 5.32 Å². The summed E-state index contributed by atoms with van der Waals surface area (Å²) in [5.41, 5.74) is 4.53. The summed E-state index contributed by atoms with van der Waals surface area (Å²) >= 11 is 12.8. The maximum absolute atomic E-state index is 6.46. The van der Waals surface area contributed by atoms with Gasteiger partial charge in [0, 0.05) is 23.7 Å². The van der Waals surface area contributed by atoms with E-state index in [4.69, 9.17) is 23.2 Å². The molecule has 0 spiro atoms. The van der Waals surface area contributed by atoms with Gasteiger partial charge in [-0.2, -0.15) is 0 Å². The lowest BCUT2D eigenvalue weighted by molar-refractivity contribution is 1.15. The molecule has 0 aliphatic carbocycles. The molecule has 2 aromatic carbocycles. The van der Waals surface area contributed by atoms with Gasteiger partial charge in [-0.25, -0.2) is 4.98 Å². The van der Waals surface area contributed by atoms with Crippen molar-refractivity contribution in [3.63, 3.8) is 0 Å². The van der Waals surface area contributed by atoms with E-state index in [0.29, 0.717) is 16.7 Å². The fourth-order valence-electron chi connectivity index (χ4n) is 2.79. The minimum Gasteiger partial charge on any atom is -0.380 e. The molecule has 3 nitrogen and oxygen atoms in total. The smallest absolute Gasteiger partial charge is 0.139 e. The zero-order valence-electron chi connectivity index (χ0n) is 13.8. The van der Waals surface area contributed by atoms with Crippen LogP contribution in [0.5, 0.6) is 0 Å². The zero-order valence-corrected chi connectivity index (χ0v) is 15.3. The number of fused-ring (bicyclic) bond motifs is 1. The van der Waals surface area contributed by atoms with Crippen LogP contribution >= 0.6 is 23.2 Å². The number of aromatic nitrogens is 2. The topological polar surface area (TPSA) is 37.8 Å². The maximum atomic E-state index is 6.46. The van der Waals surface area contributed by atoms with E-state index in [2.05, 4.69) is 27.4 Å². The third-order valence-corrected chi connectivity index (χ3v) is 4.74. The highest BCUT2D eigenvalue weighted by molar-refractivity contribution is 6.34. The number of hydrogen-bond donors (Lipinski definition) is 1. The molecule has 4 rings (SSSR count). The SMILES string of the molecule is Clc1cc(-c2cc3ncccc3c(Cl)n2)ccc1NCc1ccccc1. The number of nitrogens with zero attached hydrogens (tertiary/aromatic N) is 2. The first-order valence-corrected chi connectivity index (χ1v) is 8.95. The lowest BCUT2D eigenvalue weighted by atomic mass is 10.1. The molecule has 0 atom stereocenters. The molecule has 0 bridgehead atoms. The number of halogens is 2. The van der Waals surface area contributed by atoms with Gasteiger partial charge in [-0.05, 0) is 35.9 Å². The summed E-state index contributed by atoms with van der Waals surface area (Å²) in [4.78, 5) is 8.84. The number of nitrogens with one attached hydrogen (secondary N) is 1. The van der Waals surface area contributed by atoms with Gasteiger partial charge in [-0.1, -0.05) is 59.6 Å². The number of benzene rings is 2. The summed E-state index contributed by atoms with van der Waals surface area (Å²) in [5.74, 6) is 0. The van der Waals surface area contributed by atoms with Crippen molar-refractivity contribution < 1.29 is 0 Å². The summed E-state index contributed by atoms with van der Waals surface area (Å²) in [6.07, 6.45) is 1.74. The molecule has 0 saturated heterocycles. The van der Waals surface area contributed by atoms with Crippen LogP contribution in [-0.4, -0.2) is 9.97 Å². The molecule has 26 heavy (non-hydrogen) atoms. The van der Waals surface area contributed by atoms with Crippen molar-refractivity contribution in [3.8, 4) is 11.3 Å². The average molecular weight is 380 g/mol. The van der Waals surface area contributed by atoms with Gasteiger partial charge < -0.3 is 5.32 Å². The normalized spacial score (nSPS) is 10.8. The second kappa shape index (κ2) is 7.32. The third-order valence-electron chi connectivity index (χ3n) is 4.14. The summed E-state index contributed by atoms with van der Waals surface area (Å²) in [5, 5.41) is 5.27. The van der Waals surface area contributed by atoms with Crippen LogP contribution in [0, 0.1) is 0 Å². The molecule has 2 heterocycles. The first-order valence-electron chi connectivity index (χ1n) is 8.20. The van der Waals surface area contributed by atoms with Crippen LogP contribution in [0.1, 0.15) is 5.56 Å². The van der Waals surface area contributed by atoms with Crippen molar-refractivity contribution >= 4 is 39.8 Å². The van der Waals surface area contributed by atoms with Gasteiger partial charge in [-0.3, -0.25) is 4.98 Å². The molecule has 0 aliphatic rings. The summed E-state index contributed by atoms with van der Waals surface area (Å²) in [6.45, 7) is 0.712. The Kier molecular flexibility index (Phi) is 4.74. The molecular formula is C21H15Cl2N3. The van der Waals surface area contributed by atoms with E-state index in [1.807, 2.05) is 54.6 Å². The van der Waals surface area contributed by atoms with Crippen LogP contribution in [0.15, 0.2) is 72.9 Å². The monoisotopic (exact) mass is 379 g/mol. The molecule has 1 N–H and O–H groups in total. The highest BCUT2D eigenvalue weighted by Crippen LogP contribution is 2.31. The van der Waals surface area contributed by atoms with Crippen LogP contribution in [0.3, 0.4) is 0 Å². The largest absolute Gasteiger partial charge is 0.380 e.